The lowest BCUT2D eigenvalue weighted by atomic mass is 10.0. The first-order valence-corrected chi connectivity index (χ1v) is 12.8. The smallest absolute Gasteiger partial charge is 0.264 e. The van der Waals surface area contributed by atoms with Gasteiger partial charge in [0, 0.05) is 5.02 Å². The number of benzene rings is 3. The first kappa shape index (κ1) is 23.3. The molecule has 172 valence electrons. The van der Waals surface area contributed by atoms with Gasteiger partial charge in [-0.1, -0.05) is 41.9 Å². The molecule has 0 aromatic heterocycles. The van der Waals surface area contributed by atoms with Crippen LogP contribution >= 0.6 is 11.6 Å². The zero-order valence-electron chi connectivity index (χ0n) is 18.7. The largest absolute Gasteiger partial charge is 0.348 e. The first-order valence-electron chi connectivity index (χ1n) is 11.0. The summed E-state index contributed by atoms with van der Waals surface area (Å²) in [6.07, 6.45) is 3.32. The minimum atomic E-state index is -3.98. The second-order valence-corrected chi connectivity index (χ2v) is 10.8. The fourth-order valence-corrected chi connectivity index (χ4v) is 5.73. The quantitative estimate of drug-likeness (QED) is 0.502. The normalized spacial score (nSPS) is 13.9. The van der Waals surface area contributed by atoms with E-state index in [1.807, 2.05) is 26.0 Å². The van der Waals surface area contributed by atoms with Crippen LogP contribution in [0.4, 0.5) is 5.69 Å². The maximum Gasteiger partial charge on any atom is 0.264 e. The molecule has 33 heavy (non-hydrogen) atoms. The molecule has 0 spiro atoms. The van der Waals surface area contributed by atoms with Gasteiger partial charge < -0.3 is 5.32 Å². The van der Waals surface area contributed by atoms with E-state index < -0.39 is 10.0 Å². The highest BCUT2D eigenvalue weighted by atomic mass is 35.5. The summed E-state index contributed by atoms with van der Waals surface area (Å²) in [5, 5.41) is 3.41. The van der Waals surface area contributed by atoms with Gasteiger partial charge in [0.1, 0.15) is 6.54 Å². The van der Waals surface area contributed by atoms with E-state index in [-0.39, 0.29) is 23.4 Å². The van der Waals surface area contributed by atoms with Gasteiger partial charge in [0.25, 0.3) is 10.0 Å². The summed E-state index contributed by atoms with van der Waals surface area (Å²) in [5.74, 6) is -0.373. The van der Waals surface area contributed by atoms with Crippen LogP contribution in [-0.4, -0.2) is 20.9 Å². The van der Waals surface area contributed by atoms with E-state index in [1.54, 1.807) is 18.2 Å². The Hall–Kier alpha value is -2.83. The van der Waals surface area contributed by atoms with E-state index in [9.17, 15) is 13.2 Å². The first-order chi connectivity index (χ1) is 15.7. The van der Waals surface area contributed by atoms with Crippen molar-refractivity contribution in [3.8, 4) is 0 Å². The summed E-state index contributed by atoms with van der Waals surface area (Å²) in [5.41, 5.74) is 5.06. The molecule has 1 amide bonds. The van der Waals surface area contributed by atoms with E-state index in [1.165, 1.54) is 35.4 Å². The summed E-state index contributed by atoms with van der Waals surface area (Å²) in [6, 6.07) is 19.1. The molecular weight excluding hydrogens is 456 g/mol. The molecule has 0 radical (unpaired) electrons. The van der Waals surface area contributed by atoms with E-state index in [4.69, 9.17) is 11.6 Å². The van der Waals surface area contributed by atoms with Crippen molar-refractivity contribution in [3.63, 3.8) is 0 Å². The monoisotopic (exact) mass is 482 g/mol. The van der Waals surface area contributed by atoms with Crippen LogP contribution in [0.25, 0.3) is 0 Å². The number of halogens is 1. The maximum atomic E-state index is 13.5. The Morgan fingerprint density at radius 1 is 1.03 bits per heavy atom. The zero-order valence-corrected chi connectivity index (χ0v) is 20.3. The van der Waals surface area contributed by atoms with Gasteiger partial charge in [-0.25, -0.2) is 8.42 Å². The Morgan fingerprint density at radius 3 is 2.48 bits per heavy atom. The molecule has 0 heterocycles. The SMILES string of the molecule is Cc1cccc(N(CC(=O)NC(C)c2ccc3c(c2)CCC3)S(=O)(=O)c2ccc(Cl)cc2)c1. The van der Waals surface area contributed by atoms with Crippen LogP contribution in [0, 0.1) is 6.92 Å². The number of hydrogen-bond donors (Lipinski definition) is 1. The zero-order chi connectivity index (χ0) is 23.6. The number of sulfonamides is 1. The molecule has 1 atom stereocenters. The Morgan fingerprint density at radius 2 is 1.76 bits per heavy atom. The summed E-state index contributed by atoms with van der Waals surface area (Å²) in [7, 11) is -3.98. The highest BCUT2D eigenvalue weighted by Gasteiger charge is 2.28. The van der Waals surface area contributed by atoms with Gasteiger partial charge in [0.05, 0.1) is 16.6 Å². The Kier molecular flexibility index (Phi) is 6.77. The molecule has 3 aromatic carbocycles. The lowest BCUT2D eigenvalue weighted by Crippen LogP contribution is -2.41. The van der Waals surface area contributed by atoms with E-state index in [0.717, 1.165) is 34.7 Å². The third-order valence-electron chi connectivity index (χ3n) is 5.98. The van der Waals surface area contributed by atoms with Crippen molar-refractivity contribution in [1.82, 2.24) is 5.32 Å². The van der Waals surface area contributed by atoms with E-state index >= 15 is 0 Å². The van der Waals surface area contributed by atoms with Crippen molar-refractivity contribution >= 4 is 33.2 Å². The third kappa shape index (κ3) is 5.23. The number of fused-ring (bicyclic) bond motifs is 1. The van der Waals surface area contributed by atoms with Crippen LogP contribution in [0.3, 0.4) is 0 Å². The Bertz CT molecular complexity index is 1270. The number of anilines is 1. The maximum absolute atomic E-state index is 13.5. The predicted molar refractivity (Wildman–Crippen MR) is 132 cm³/mol. The Labute approximate surface area is 200 Å². The molecule has 1 aliphatic carbocycles. The van der Waals surface area contributed by atoms with Gasteiger partial charge in [-0.3, -0.25) is 9.10 Å². The predicted octanol–water partition coefficient (Wildman–Crippen LogP) is 5.21. The molecule has 4 rings (SSSR count). The molecule has 1 aliphatic rings. The van der Waals surface area contributed by atoms with Crippen LogP contribution in [0.15, 0.2) is 71.6 Å². The van der Waals surface area contributed by atoms with Crippen molar-refractivity contribution in [1.29, 1.82) is 0 Å². The summed E-state index contributed by atoms with van der Waals surface area (Å²) in [4.78, 5) is 13.1. The molecular formula is C26H27ClN2O3S. The molecule has 0 saturated heterocycles. The van der Waals surface area contributed by atoms with Crippen LogP contribution in [0.2, 0.25) is 5.02 Å². The Balaban J connectivity index is 1.58. The van der Waals surface area contributed by atoms with E-state index in [2.05, 4.69) is 17.4 Å². The molecule has 1 N–H and O–H groups in total. The van der Waals surface area contributed by atoms with Crippen LogP contribution < -0.4 is 9.62 Å². The number of hydrogen-bond acceptors (Lipinski definition) is 3. The molecule has 5 nitrogen and oxygen atoms in total. The standard InChI is InChI=1S/C26H27ClN2O3S/c1-18-5-3-8-24(15-18)29(33(31,32)25-13-11-23(27)12-14-25)17-26(30)28-19(2)21-10-9-20-6-4-7-22(20)16-21/h3,5,8-16,19H,4,6-7,17H2,1-2H3,(H,28,30). The van der Waals surface area contributed by atoms with Crippen molar-refractivity contribution in [2.45, 2.75) is 44.0 Å². The van der Waals surface area contributed by atoms with Crippen molar-refractivity contribution in [2.24, 2.45) is 0 Å². The van der Waals surface area contributed by atoms with E-state index in [0.29, 0.717) is 10.7 Å². The number of nitrogens with one attached hydrogen (secondary N) is 1. The lowest BCUT2D eigenvalue weighted by molar-refractivity contribution is -0.120. The minimum Gasteiger partial charge on any atom is -0.348 e. The third-order valence-corrected chi connectivity index (χ3v) is 8.02. The molecule has 7 heteroatoms. The summed E-state index contributed by atoms with van der Waals surface area (Å²) < 4.78 is 28.1. The number of carbonyl (C=O) groups excluding carboxylic acids is 1. The number of nitrogens with zero attached hydrogens (tertiary/aromatic N) is 1. The highest BCUT2D eigenvalue weighted by Crippen LogP contribution is 2.27. The van der Waals surface area contributed by atoms with Gasteiger partial charge in [-0.05, 0) is 91.8 Å². The van der Waals surface area contributed by atoms with Crippen LogP contribution in [0.1, 0.15) is 41.6 Å². The van der Waals surface area contributed by atoms with Gasteiger partial charge >= 0.3 is 0 Å². The number of aryl methyl sites for hydroxylation is 3. The molecule has 0 aliphatic heterocycles. The topological polar surface area (TPSA) is 66.5 Å². The fraction of sp³-hybridized carbons (Fsp3) is 0.269. The molecule has 0 fully saturated rings. The lowest BCUT2D eigenvalue weighted by Gasteiger charge is -2.25. The molecule has 3 aromatic rings. The van der Waals surface area contributed by atoms with Gasteiger partial charge in [0.15, 0.2) is 0 Å². The van der Waals surface area contributed by atoms with Gasteiger partial charge in [-0.2, -0.15) is 0 Å². The average Bonchev–Trinajstić information content (AvgIpc) is 3.25. The minimum absolute atomic E-state index is 0.0767. The second kappa shape index (κ2) is 9.57. The average molecular weight is 483 g/mol. The van der Waals surface area contributed by atoms with Gasteiger partial charge in [0.2, 0.25) is 5.91 Å². The second-order valence-electron chi connectivity index (χ2n) is 8.48. The van der Waals surface area contributed by atoms with Crippen molar-refractivity contribution < 1.29 is 13.2 Å². The molecule has 0 bridgehead atoms. The van der Waals surface area contributed by atoms with Gasteiger partial charge in [-0.15, -0.1) is 0 Å². The van der Waals surface area contributed by atoms with Crippen LogP contribution in [0.5, 0.6) is 0 Å². The number of carbonyl (C=O) groups is 1. The van der Waals surface area contributed by atoms with Crippen molar-refractivity contribution in [3.05, 3.63) is 94.0 Å². The molecule has 1 unspecified atom stereocenters. The van der Waals surface area contributed by atoms with Crippen molar-refractivity contribution in [2.75, 3.05) is 10.8 Å². The summed E-state index contributed by atoms with van der Waals surface area (Å²) in [6.45, 7) is 3.47. The number of rotatable bonds is 7. The molecule has 0 saturated carbocycles. The summed E-state index contributed by atoms with van der Waals surface area (Å²) >= 11 is 5.94. The van der Waals surface area contributed by atoms with Crippen LogP contribution in [-0.2, 0) is 27.7 Å². The number of amides is 1. The highest BCUT2D eigenvalue weighted by molar-refractivity contribution is 7.92. The fourth-order valence-electron chi connectivity index (χ4n) is 4.19.